The molecule has 2 saturated heterocycles. The predicted molar refractivity (Wildman–Crippen MR) is 417 cm³/mol. The molecule has 0 aliphatic carbocycles. The second kappa shape index (κ2) is 35.3. The summed E-state index contributed by atoms with van der Waals surface area (Å²) in [5.41, 5.74) is 5.11. The minimum Gasteiger partial charge on any atom is -0.508 e. The van der Waals surface area contributed by atoms with E-state index < -0.39 is 205 Å². The number of likely N-dealkylation sites (N-methyl/N-ethyl adjacent to an activating group) is 1. The highest BCUT2D eigenvalue weighted by Gasteiger charge is 2.52. The molecule has 2 fully saturated rings. The molecule has 0 radical (unpaired) electrons. The van der Waals surface area contributed by atoms with E-state index in [2.05, 4.69) is 25.0 Å². The molecule has 8 heterocycles. The normalized spacial score (nSPS) is 27.3. The summed E-state index contributed by atoms with van der Waals surface area (Å²) in [6.07, 6.45) is -18.9. The number of carbonyl (C=O) groups is 2. The van der Waals surface area contributed by atoms with E-state index in [1.54, 1.807) is 0 Å². The number of phenols is 3. The van der Waals surface area contributed by atoms with Crippen LogP contribution in [-0.4, -0.2) is 240 Å². The average Bonchev–Trinajstić information content (AvgIpc) is 0.756. The Hall–Kier alpha value is -10.6. The number of aromatic hydroxyl groups is 3. The summed E-state index contributed by atoms with van der Waals surface area (Å²) in [6, 6.07) is 7.62. The van der Waals surface area contributed by atoms with Gasteiger partial charge in [-0.1, -0.05) is 79.7 Å². The molecule has 35 nitrogen and oxygen atoms in total. The number of hydrogen-bond donors (Lipinski definition) is 18. The number of aliphatic imine (C=N–C) groups is 5. The first-order valence-corrected chi connectivity index (χ1v) is 37.9. The van der Waals surface area contributed by atoms with E-state index in [4.69, 9.17) is 83.2 Å². The number of fused-ring (bicyclic) bond motifs is 12. The zero-order valence-electron chi connectivity index (χ0n) is 62.1. The molecule has 0 saturated carbocycles. The van der Waals surface area contributed by atoms with E-state index >= 15 is 4.79 Å². The van der Waals surface area contributed by atoms with Gasteiger partial charge in [-0.25, -0.2) is 29.8 Å². The fourth-order valence-corrected chi connectivity index (χ4v) is 14.7. The number of aliphatic carboxylic acids is 1. The molecule has 0 aromatic heterocycles. The van der Waals surface area contributed by atoms with Gasteiger partial charge < -0.3 is 140 Å². The van der Waals surface area contributed by atoms with Crippen molar-refractivity contribution in [3.05, 3.63) is 163 Å². The Labute approximate surface area is 680 Å². The second-order valence-electron chi connectivity index (χ2n) is 28.3. The van der Waals surface area contributed by atoms with Gasteiger partial charge in [0.1, 0.15) is 107 Å². The SMILES string of the molecule is CCCCOc1cc(OCCCC)c2c(c1)C(C(=O)O)N(C)C(=O)C1N=C(O)C(N=C(O)C3N=C(O)C4N=C(O)C(Cc5ccc(c(Cl)c5)Oc5cc3cc(c5O)Oc3ccc(cc3Cl)C1O)N=C(O)C(N)c1ccc(OC3OC(CO)C(OC5OC(CO)C(O)C(O)C5O)C(O)C3O)c(c1)Oc1cc(O)cc4c1)c1cc(Cl)c(O)c-2c1. The lowest BCUT2D eigenvalue weighted by Gasteiger charge is -2.45. The Morgan fingerprint density at radius 3 is 1.77 bits per heavy atom. The average molecular weight is 1680 g/mol. The van der Waals surface area contributed by atoms with Crippen molar-refractivity contribution in [2.75, 3.05) is 33.5 Å². The lowest BCUT2D eigenvalue weighted by Crippen LogP contribution is -2.65. The molecule has 7 aromatic carbocycles. The molecule has 15 rings (SSSR count). The lowest BCUT2D eigenvalue weighted by atomic mass is 9.89. The number of aliphatic hydroxyl groups excluding tert-OH is 13. The molecule has 18 atom stereocenters. The van der Waals surface area contributed by atoms with Crippen LogP contribution in [0.3, 0.4) is 0 Å². The zero-order valence-corrected chi connectivity index (χ0v) is 64.4. The molecule has 1 amide bonds. The van der Waals surface area contributed by atoms with Crippen LogP contribution in [0.15, 0.2) is 134 Å². The molecule has 8 aliphatic heterocycles. The van der Waals surface area contributed by atoms with Crippen molar-refractivity contribution in [2.24, 2.45) is 30.7 Å². The van der Waals surface area contributed by atoms with Gasteiger partial charge in [0.2, 0.25) is 41.5 Å². The van der Waals surface area contributed by atoms with Crippen molar-refractivity contribution in [2.45, 2.75) is 156 Å². The number of carboxylic acid groups (broad SMARTS) is 1. The first-order chi connectivity index (χ1) is 55.9. The van der Waals surface area contributed by atoms with Gasteiger partial charge in [0.25, 0.3) is 5.91 Å². The van der Waals surface area contributed by atoms with Crippen LogP contribution in [0.25, 0.3) is 11.1 Å². The molecule has 7 aromatic rings. The summed E-state index contributed by atoms with van der Waals surface area (Å²) < 4.78 is 55.1. The Morgan fingerprint density at radius 1 is 0.547 bits per heavy atom. The number of rotatable bonds is 15. The lowest BCUT2D eigenvalue weighted by molar-refractivity contribution is -0.352. The molecule has 17 bridgehead atoms. The third-order valence-corrected chi connectivity index (χ3v) is 21.2. The number of ether oxygens (including phenoxy) is 9. The maximum absolute atomic E-state index is 15.6. The summed E-state index contributed by atoms with van der Waals surface area (Å²) >= 11 is 21.1. The molecule has 8 aliphatic rings. The highest BCUT2D eigenvalue weighted by atomic mass is 35.5. The van der Waals surface area contributed by atoms with Gasteiger partial charge in [-0.05, 0) is 125 Å². The first-order valence-electron chi connectivity index (χ1n) is 36.8. The summed E-state index contributed by atoms with van der Waals surface area (Å²) in [4.78, 5) is 53.1. The number of nitrogens with zero attached hydrogens (tertiary/aromatic N) is 6. The van der Waals surface area contributed by atoms with Crippen molar-refractivity contribution in [1.82, 2.24) is 4.90 Å². The van der Waals surface area contributed by atoms with E-state index in [1.165, 1.54) is 66.7 Å². The first kappa shape index (κ1) is 84.3. The van der Waals surface area contributed by atoms with E-state index in [0.717, 1.165) is 54.4 Å². The van der Waals surface area contributed by atoms with Crippen molar-refractivity contribution in [3.63, 3.8) is 0 Å². The third kappa shape index (κ3) is 17.4. The van der Waals surface area contributed by atoms with Crippen molar-refractivity contribution < 1.29 is 139 Å². The van der Waals surface area contributed by atoms with Crippen LogP contribution in [0.4, 0.5) is 0 Å². The number of amides is 1. The van der Waals surface area contributed by atoms with Gasteiger partial charge in [0, 0.05) is 42.3 Å². The Morgan fingerprint density at radius 2 is 1.13 bits per heavy atom. The van der Waals surface area contributed by atoms with Crippen molar-refractivity contribution >= 4 is 76.2 Å². The largest absolute Gasteiger partial charge is 0.508 e. The molecular formula is C79H82Cl3N7O28. The Kier molecular flexibility index (Phi) is 25.5. The Balaban J connectivity index is 1.01. The van der Waals surface area contributed by atoms with E-state index in [-0.39, 0.29) is 114 Å². The standard InChI is InChI=1S/C79H82Cl3N7O28/c1-4-6-14-109-38-27-40-55(50(28-38)110-15-7-5-2)41-20-35(22-44(82)63(41)94)58-75(105)88-60(76(106)89(3)61(40)77(107)108)62(93)33-10-12-47(43(81)21-33)113-52-25-36-24-51(64(52)95)112-46-11-8-31(16-42(46)80)17-45-71(101)85-57(73(103)87-59(36)74(104)86-58)34-18-37(92)26-39(19-34)111-49-23-32(56(83)72(102)84-45)9-13-48(49)114-78-69(100)67(98)70(54(30-91)116-78)117-79-68(99)66(97)65(96)53(29-90)115-79/h8-13,16,18-28,45,53-54,56-62,65-70,78-79,90-100H,4-7,14-15,17,29-30,83H2,1-3H3,(H,84,102)(H,85,101)(H,86,104)(H,87,103)(H,88,105)(H,107,108). The topological polar surface area (TPSA) is 552 Å². The second-order valence-corrected chi connectivity index (χ2v) is 29.5. The van der Waals surface area contributed by atoms with Crippen molar-refractivity contribution in [1.29, 1.82) is 0 Å². The molecule has 117 heavy (non-hydrogen) atoms. The van der Waals surface area contributed by atoms with Gasteiger partial charge in [0.05, 0.1) is 41.5 Å². The molecule has 0 spiro atoms. The number of halogens is 3. The highest BCUT2D eigenvalue weighted by Crippen LogP contribution is 2.52. The smallest absolute Gasteiger partial charge is 0.331 e. The number of hydrogen-bond acceptors (Lipinski definition) is 28. The van der Waals surface area contributed by atoms with Crippen LogP contribution in [0.5, 0.6) is 69.0 Å². The van der Waals surface area contributed by atoms with Gasteiger partial charge >= 0.3 is 5.97 Å². The number of carbonyl (C=O) groups excluding carboxylic acids is 1. The van der Waals surface area contributed by atoms with Crippen LogP contribution in [-0.2, 0) is 30.2 Å². The van der Waals surface area contributed by atoms with Crippen molar-refractivity contribution in [3.8, 4) is 80.1 Å². The number of benzene rings is 7. The fraction of sp³-hybridized carbons (Fsp3) is 0.380. The van der Waals surface area contributed by atoms with E-state index in [9.17, 15) is 91.6 Å². The number of unbranched alkanes of at least 4 members (excludes halogenated alkanes) is 2. The quantitative estimate of drug-likeness (QED) is 0.0428. The van der Waals surface area contributed by atoms with Gasteiger partial charge in [0.15, 0.2) is 59.5 Å². The van der Waals surface area contributed by atoms with Crippen LogP contribution in [0, 0.1) is 0 Å². The van der Waals surface area contributed by atoms with Crippen LogP contribution in [0.1, 0.15) is 115 Å². The molecule has 38 heteroatoms. The van der Waals surface area contributed by atoms with E-state index in [1.807, 2.05) is 13.8 Å². The van der Waals surface area contributed by atoms with Crippen LogP contribution < -0.4 is 34.2 Å². The Bertz CT molecular complexity index is 5090. The minimum absolute atomic E-state index is 0.00217. The summed E-state index contributed by atoms with van der Waals surface area (Å²) in [5, 5.41) is 199. The van der Waals surface area contributed by atoms with Crippen LogP contribution in [0.2, 0.25) is 15.1 Å². The summed E-state index contributed by atoms with van der Waals surface area (Å²) in [7, 11) is 1.09. The van der Waals surface area contributed by atoms with Gasteiger partial charge in [-0.3, -0.25) is 4.79 Å². The number of aliphatic hydroxyl groups is 13. The van der Waals surface area contributed by atoms with Gasteiger partial charge in [-0.15, -0.1) is 0 Å². The number of phenolic OH excluding ortho intramolecular Hbond substituents is 3. The molecule has 622 valence electrons. The number of nitrogens with two attached hydrogens (primary N) is 1. The fourth-order valence-electron chi connectivity index (χ4n) is 14.0. The summed E-state index contributed by atoms with van der Waals surface area (Å²) in [5.74, 6) is -13.3. The maximum atomic E-state index is 15.6. The monoisotopic (exact) mass is 1680 g/mol. The summed E-state index contributed by atoms with van der Waals surface area (Å²) in [6.45, 7) is 2.13. The van der Waals surface area contributed by atoms with E-state index in [0.29, 0.717) is 25.7 Å². The minimum atomic E-state index is -2.28. The third-order valence-electron chi connectivity index (χ3n) is 20.3. The number of carboxylic acids is 1. The van der Waals surface area contributed by atoms with Gasteiger partial charge in [-0.2, -0.15) is 0 Å². The zero-order chi connectivity index (χ0) is 83.9. The molecule has 19 N–H and O–H groups in total. The highest BCUT2D eigenvalue weighted by molar-refractivity contribution is 6.33. The van der Waals surface area contributed by atoms with Crippen LogP contribution >= 0.6 is 34.8 Å². The molecular weight excluding hydrogens is 1600 g/mol. The molecule has 18 unspecified atom stereocenters. The maximum Gasteiger partial charge on any atom is 0.331 e. The predicted octanol–water partition coefficient (Wildman–Crippen LogP) is 8.43.